The minimum atomic E-state index is -4.41. The molecule has 0 unspecified atom stereocenters. The molecule has 1 aliphatic rings. The number of amides is 2. The number of anilines is 1. The number of nitrogens with zero attached hydrogens (tertiary/aromatic N) is 1. The molecule has 0 saturated heterocycles. The first-order chi connectivity index (χ1) is 14.4. The molecular formula is C19H9F7N2O3. The Morgan fingerprint density at radius 1 is 1.10 bits per heavy atom. The van der Waals surface area contributed by atoms with E-state index in [1.54, 1.807) is 0 Å². The van der Waals surface area contributed by atoms with Gasteiger partial charge in [-0.05, 0) is 6.07 Å². The van der Waals surface area contributed by atoms with Gasteiger partial charge in [0.05, 0.1) is 24.2 Å². The molecule has 5 nitrogen and oxygen atoms in total. The summed E-state index contributed by atoms with van der Waals surface area (Å²) in [4.78, 5) is 23.0. The summed E-state index contributed by atoms with van der Waals surface area (Å²) in [5.41, 5.74) is 0.171. The van der Waals surface area contributed by atoms with Gasteiger partial charge in [0.2, 0.25) is 5.91 Å². The summed E-state index contributed by atoms with van der Waals surface area (Å²) in [6.07, 6.45) is -0.572. The second kappa shape index (κ2) is 7.50. The number of halogens is 7. The average molecular weight is 446 g/mol. The van der Waals surface area contributed by atoms with E-state index >= 15 is 0 Å². The van der Waals surface area contributed by atoms with E-state index in [-0.39, 0.29) is 11.0 Å². The third-order valence-electron chi connectivity index (χ3n) is 4.30. The van der Waals surface area contributed by atoms with E-state index in [9.17, 15) is 40.3 Å². The summed E-state index contributed by atoms with van der Waals surface area (Å²) < 4.78 is 104. The maximum absolute atomic E-state index is 14.5. The Bertz CT molecular complexity index is 1150. The molecule has 3 rings (SSSR count). The van der Waals surface area contributed by atoms with Crippen molar-refractivity contribution in [3.05, 3.63) is 46.8 Å². The van der Waals surface area contributed by atoms with Crippen LogP contribution in [0.2, 0.25) is 0 Å². The van der Waals surface area contributed by atoms with Gasteiger partial charge >= 0.3 is 12.0 Å². The molecule has 0 spiro atoms. The number of carbonyl (C=O) groups is 2. The zero-order valence-corrected chi connectivity index (χ0v) is 15.0. The topological polar surface area (TPSA) is 72.6 Å². The van der Waals surface area contributed by atoms with E-state index in [1.165, 1.54) is 0 Å². The minimum Gasteiger partial charge on any atom is -0.423 e. The third-order valence-corrected chi connectivity index (χ3v) is 4.30. The highest BCUT2D eigenvalue weighted by molar-refractivity contribution is 6.02. The highest BCUT2D eigenvalue weighted by Crippen LogP contribution is 2.44. The van der Waals surface area contributed by atoms with Crippen LogP contribution in [0.15, 0.2) is 12.1 Å². The summed E-state index contributed by atoms with van der Waals surface area (Å²) in [5.74, 6) is -12.0. The van der Waals surface area contributed by atoms with Crippen LogP contribution in [0.25, 0.3) is 11.1 Å². The lowest BCUT2D eigenvalue weighted by molar-refractivity contribution is -0.192. The normalized spacial score (nSPS) is 14.6. The van der Waals surface area contributed by atoms with Crippen molar-refractivity contribution in [2.75, 3.05) is 11.4 Å². The van der Waals surface area contributed by atoms with E-state index in [0.717, 1.165) is 0 Å². The van der Waals surface area contributed by atoms with E-state index in [0.29, 0.717) is 6.07 Å². The highest BCUT2D eigenvalue weighted by Gasteiger charge is 2.50. The minimum absolute atomic E-state index is 0.251. The van der Waals surface area contributed by atoms with Crippen molar-refractivity contribution in [3.8, 4) is 29.2 Å². The molecule has 2 amide bonds. The number of nitrogens with two attached hydrogens (primary N) is 1. The molecule has 2 aromatic rings. The van der Waals surface area contributed by atoms with Gasteiger partial charge in [-0.25, -0.2) is 22.0 Å². The summed E-state index contributed by atoms with van der Waals surface area (Å²) in [6, 6.07) is 0.726. The fraction of sp³-hybridized carbons (Fsp3) is 0.158. The van der Waals surface area contributed by atoms with Crippen molar-refractivity contribution in [2.24, 2.45) is 5.73 Å². The predicted molar refractivity (Wildman–Crippen MR) is 91.3 cm³/mol. The lowest BCUT2D eigenvalue weighted by Gasteiger charge is -2.32. The summed E-state index contributed by atoms with van der Waals surface area (Å²) >= 11 is 0. The van der Waals surface area contributed by atoms with Gasteiger partial charge < -0.3 is 10.5 Å². The molecule has 1 heterocycles. The molecule has 1 aliphatic heterocycles. The third kappa shape index (κ3) is 3.52. The van der Waals surface area contributed by atoms with Gasteiger partial charge in [0.1, 0.15) is 5.82 Å². The van der Waals surface area contributed by atoms with Crippen molar-refractivity contribution >= 4 is 17.5 Å². The standard InChI is InChI=1S/C19H9F7N2O3/c1-2-3-28-10-4-7(9(20)6-11(10)31-19(25,26)18(28)30)13-16(23)14(21)8(5-12(27)29)15(22)17(13)24/h1,4,6H,3,5H2,(H2,27,29). The van der Waals surface area contributed by atoms with Crippen molar-refractivity contribution in [1.29, 1.82) is 0 Å². The Balaban J connectivity index is 2.28. The number of terminal acetylenes is 1. The predicted octanol–water partition coefficient (Wildman–Crippen LogP) is 3.03. The highest BCUT2D eigenvalue weighted by atomic mass is 19.3. The van der Waals surface area contributed by atoms with Gasteiger partial charge in [0, 0.05) is 17.2 Å². The Labute approximate surface area is 169 Å². The number of primary amides is 1. The molecular weight excluding hydrogens is 437 g/mol. The Morgan fingerprint density at radius 3 is 2.19 bits per heavy atom. The number of ether oxygens (including phenoxy) is 1. The van der Waals surface area contributed by atoms with Crippen LogP contribution in [0.5, 0.6) is 5.75 Å². The van der Waals surface area contributed by atoms with Gasteiger partial charge in [-0.3, -0.25) is 14.5 Å². The van der Waals surface area contributed by atoms with Gasteiger partial charge in [-0.15, -0.1) is 6.42 Å². The number of hydrogen-bond acceptors (Lipinski definition) is 3. The number of carbonyl (C=O) groups excluding carboxylic acids is 2. The number of rotatable bonds is 4. The molecule has 162 valence electrons. The molecule has 31 heavy (non-hydrogen) atoms. The maximum atomic E-state index is 14.5. The van der Waals surface area contributed by atoms with E-state index < -0.39 is 88.1 Å². The second-order valence-electron chi connectivity index (χ2n) is 6.27. The number of hydrogen-bond donors (Lipinski definition) is 1. The first-order valence-electron chi connectivity index (χ1n) is 8.20. The van der Waals surface area contributed by atoms with E-state index in [2.05, 4.69) is 4.74 Å². The molecule has 0 aromatic heterocycles. The smallest absolute Gasteiger partial charge is 0.423 e. The lowest BCUT2D eigenvalue weighted by atomic mass is 9.97. The van der Waals surface area contributed by atoms with Crippen molar-refractivity contribution < 1.29 is 45.1 Å². The van der Waals surface area contributed by atoms with Crippen LogP contribution in [0.1, 0.15) is 5.56 Å². The quantitative estimate of drug-likeness (QED) is 0.446. The molecule has 12 heteroatoms. The fourth-order valence-electron chi connectivity index (χ4n) is 2.97. The lowest BCUT2D eigenvalue weighted by Crippen LogP contribution is -2.51. The number of fused-ring (bicyclic) bond motifs is 1. The van der Waals surface area contributed by atoms with Gasteiger partial charge in [0.15, 0.2) is 29.0 Å². The van der Waals surface area contributed by atoms with Gasteiger partial charge in [0.25, 0.3) is 0 Å². The zero-order valence-electron chi connectivity index (χ0n) is 15.0. The molecule has 2 N–H and O–H groups in total. The van der Waals surface area contributed by atoms with Crippen LogP contribution in [0.3, 0.4) is 0 Å². The molecule has 0 aliphatic carbocycles. The zero-order chi connectivity index (χ0) is 23.2. The van der Waals surface area contributed by atoms with Crippen molar-refractivity contribution in [2.45, 2.75) is 12.5 Å². The van der Waals surface area contributed by atoms with Crippen LogP contribution >= 0.6 is 0 Å². The first kappa shape index (κ1) is 21.9. The molecule has 2 aromatic carbocycles. The second-order valence-corrected chi connectivity index (χ2v) is 6.27. The van der Waals surface area contributed by atoms with Gasteiger partial charge in [-0.1, -0.05) is 5.92 Å². The molecule has 0 atom stereocenters. The molecule has 0 saturated carbocycles. The summed E-state index contributed by atoms with van der Waals surface area (Å²) in [6.45, 7) is -0.763. The summed E-state index contributed by atoms with van der Waals surface area (Å²) in [5, 5.41) is 0. The SMILES string of the molecule is C#CCN1C(=O)C(F)(F)Oc2cc(F)c(-c3c(F)c(F)c(CC(N)=O)c(F)c3F)cc21. The number of alkyl halides is 2. The molecule has 0 radical (unpaired) electrons. The summed E-state index contributed by atoms with van der Waals surface area (Å²) in [7, 11) is 0. The van der Waals surface area contributed by atoms with Crippen LogP contribution in [-0.2, 0) is 16.0 Å². The largest absolute Gasteiger partial charge is 0.483 e. The van der Waals surface area contributed by atoms with Crippen molar-refractivity contribution in [1.82, 2.24) is 0 Å². The Kier molecular flexibility index (Phi) is 5.31. The van der Waals surface area contributed by atoms with Crippen LogP contribution in [-0.4, -0.2) is 24.5 Å². The Morgan fingerprint density at radius 2 is 1.68 bits per heavy atom. The average Bonchev–Trinajstić information content (AvgIpc) is 2.68. The number of benzene rings is 2. The van der Waals surface area contributed by atoms with Crippen LogP contribution in [0.4, 0.5) is 36.4 Å². The first-order valence-corrected chi connectivity index (χ1v) is 8.20. The monoisotopic (exact) mass is 446 g/mol. The van der Waals surface area contributed by atoms with Gasteiger partial charge in [-0.2, -0.15) is 8.78 Å². The van der Waals surface area contributed by atoms with E-state index in [1.807, 2.05) is 5.92 Å². The maximum Gasteiger partial charge on any atom is 0.483 e. The molecule has 0 fully saturated rings. The van der Waals surface area contributed by atoms with Crippen LogP contribution < -0.4 is 15.4 Å². The van der Waals surface area contributed by atoms with Crippen molar-refractivity contribution in [3.63, 3.8) is 0 Å². The van der Waals surface area contributed by atoms with E-state index in [4.69, 9.17) is 12.2 Å². The molecule has 0 bridgehead atoms. The van der Waals surface area contributed by atoms with Crippen LogP contribution in [0, 0.1) is 41.4 Å². The Hall–Kier alpha value is -3.75. The fourth-order valence-corrected chi connectivity index (χ4v) is 2.97.